The predicted octanol–water partition coefficient (Wildman–Crippen LogP) is 3.58. The summed E-state index contributed by atoms with van der Waals surface area (Å²) >= 11 is 0. The van der Waals surface area contributed by atoms with E-state index in [4.69, 9.17) is 1.37 Å². The van der Waals surface area contributed by atoms with Crippen molar-refractivity contribution in [1.29, 1.82) is 0 Å². The summed E-state index contributed by atoms with van der Waals surface area (Å²) in [5.41, 5.74) is 2.57. The van der Waals surface area contributed by atoms with Gasteiger partial charge in [0.2, 0.25) is 0 Å². The molecule has 24 heavy (non-hydrogen) atoms. The lowest BCUT2D eigenvalue weighted by atomic mass is 9.97. The van der Waals surface area contributed by atoms with Gasteiger partial charge in [0, 0.05) is 49.1 Å². The van der Waals surface area contributed by atoms with Gasteiger partial charge >= 0.3 is 0 Å². The summed E-state index contributed by atoms with van der Waals surface area (Å²) in [6.07, 6.45) is 5.89. The number of H-pyrrole nitrogens is 1. The van der Waals surface area contributed by atoms with Crippen LogP contribution in [0.25, 0.3) is 22.0 Å². The van der Waals surface area contributed by atoms with Gasteiger partial charge in [-0.25, -0.2) is 0 Å². The molecule has 0 aliphatic rings. The fourth-order valence-corrected chi connectivity index (χ4v) is 2.82. The van der Waals surface area contributed by atoms with E-state index >= 15 is 0 Å². The number of rotatable bonds is 3. The first-order valence-corrected chi connectivity index (χ1v) is 7.63. The van der Waals surface area contributed by atoms with Gasteiger partial charge in [0.25, 0.3) is 5.56 Å². The number of aromatic amines is 1. The van der Waals surface area contributed by atoms with Crippen LogP contribution in [0.15, 0.2) is 78.1 Å². The van der Waals surface area contributed by atoms with Crippen LogP contribution in [0.3, 0.4) is 0 Å². The summed E-state index contributed by atoms with van der Waals surface area (Å²) in [4.78, 5) is 23.8. The highest BCUT2D eigenvalue weighted by atomic mass is 16.1. The van der Waals surface area contributed by atoms with Gasteiger partial charge < -0.3 is 4.98 Å². The summed E-state index contributed by atoms with van der Waals surface area (Å²) in [5.74, 6) is 0. The third-order valence-corrected chi connectivity index (χ3v) is 3.96. The van der Waals surface area contributed by atoms with Crippen LogP contribution in [0.4, 0.5) is 0 Å². The van der Waals surface area contributed by atoms with Crippen molar-refractivity contribution in [2.24, 2.45) is 0 Å². The van der Waals surface area contributed by atoms with Crippen LogP contribution in [0.1, 0.15) is 12.5 Å². The van der Waals surface area contributed by atoms with E-state index in [-0.39, 0.29) is 5.56 Å². The number of pyridine rings is 3. The Kier molecular flexibility index (Phi) is 3.34. The maximum Gasteiger partial charge on any atom is 0.252 e. The van der Waals surface area contributed by atoms with Crippen LogP contribution in [0.5, 0.6) is 0 Å². The van der Waals surface area contributed by atoms with Crippen molar-refractivity contribution in [1.82, 2.24) is 15.0 Å². The summed E-state index contributed by atoms with van der Waals surface area (Å²) in [7, 11) is 0. The minimum Gasteiger partial charge on any atom is -0.321 e. The van der Waals surface area contributed by atoms with Crippen molar-refractivity contribution in [2.75, 3.05) is 0 Å². The lowest BCUT2D eigenvalue weighted by Crippen LogP contribution is -2.15. The van der Waals surface area contributed by atoms with Crippen LogP contribution in [-0.4, -0.2) is 15.0 Å². The van der Waals surface area contributed by atoms with E-state index in [2.05, 4.69) is 15.0 Å². The SMILES string of the molecule is [2H]C(c1ccncc1)c1c(=O)[nH]c(-c2ccncc2)c2ccccc12. The van der Waals surface area contributed by atoms with E-state index in [1.54, 1.807) is 36.9 Å². The van der Waals surface area contributed by atoms with Crippen molar-refractivity contribution in [3.05, 3.63) is 94.8 Å². The molecule has 1 atom stereocenters. The summed E-state index contributed by atoms with van der Waals surface area (Å²) in [6, 6.07) is 14.9. The van der Waals surface area contributed by atoms with Crippen molar-refractivity contribution < 1.29 is 1.37 Å². The Hall–Kier alpha value is -3.27. The van der Waals surface area contributed by atoms with E-state index in [9.17, 15) is 4.79 Å². The average molecular weight is 314 g/mol. The zero-order chi connectivity index (χ0) is 17.2. The molecule has 0 bridgehead atoms. The van der Waals surface area contributed by atoms with Crippen molar-refractivity contribution in [3.63, 3.8) is 0 Å². The number of nitrogens with zero attached hydrogens (tertiary/aromatic N) is 2. The summed E-state index contributed by atoms with van der Waals surface area (Å²) in [5, 5.41) is 1.70. The van der Waals surface area contributed by atoms with Gasteiger partial charge in [-0.05, 0) is 35.2 Å². The maximum atomic E-state index is 12.8. The molecule has 4 nitrogen and oxygen atoms in total. The molecule has 0 aliphatic heterocycles. The molecule has 0 spiro atoms. The molecule has 1 N–H and O–H groups in total. The minimum atomic E-state index is -0.775. The lowest BCUT2D eigenvalue weighted by Gasteiger charge is -2.11. The zero-order valence-corrected chi connectivity index (χ0v) is 12.8. The standard InChI is InChI=1S/C20H15N3O/c24-20-18(13-14-5-9-21-10-6-14)16-3-1-2-4-17(16)19(23-20)15-7-11-22-12-8-15/h1-12H,13H2,(H,23,24)/i13D. The molecule has 0 fully saturated rings. The molecule has 0 amide bonds. The van der Waals surface area contributed by atoms with Gasteiger partial charge in [-0.3, -0.25) is 14.8 Å². The van der Waals surface area contributed by atoms with Gasteiger partial charge in [-0.1, -0.05) is 24.3 Å². The van der Waals surface area contributed by atoms with Gasteiger partial charge in [0.05, 0.1) is 5.69 Å². The first-order chi connectivity index (χ1) is 12.3. The molecule has 0 saturated carbocycles. The van der Waals surface area contributed by atoms with Gasteiger partial charge in [-0.2, -0.15) is 0 Å². The Morgan fingerprint density at radius 1 is 0.875 bits per heavy atom. The number of aromatic nitrogens is 3. The molecule has 116 valence electrons. The van der Waals surface area contributed by atoms with Crippen LogP contribution in [0.2, 0.25) is 0 Å². The van der Waals surface area contributed by atoms with Crippen LogP contribution in [-0.2, 0) is 6.40 Å². The molecule has 4 heteroatoms. The van der Waals surface area contributed by atoms with Gasteiger partial charge in [-0.15, -0.1) is 0 Å². The number of fused-ring (bicyclic) bond motifs is 1. The minimum absolute atomic E-state index is 0.248. The Labute approximate surface area is 140 Å². The Morgan fingerprint density at radius 3 is 2.21 bits per heavy atom. The van der Waals surface area contributed by atoms with E-state index in [0.29, 0.717) is 5.56 Å². The number of nitrogens with one attached hydrogen (secondary N) is 1. The van der Waals surface area contributed by atoms with Crippen LogP contribution in [0, 0.1) is 0 Å². The molecule has 0 radical (unpaired) electrons. The van der Waals surface area contributed by atoms with E-state index in [0.717, 1.165) is 27.6 Å². The second-order valence-electron chi connectivity index (χ2n) is 5.45. The van der Waals surface area contributed by atoms with Crippen molar-refractivity contribution >= 4 is 10.8 Å². The second-order valence-corrected chi connectivity index (χ2v) is 5.45. The fraction of sp³-hybridized carbons (Fsp3) is 0.0500. The molecular weight excluding hydrogens is 298 g/mol. The number of benzene rings is 1. The highest BCUT2D eigenvalue weighted by Crippen LogP contribution is 2.27. The Bertz CT molecular complexity index is 1080. The quantitative estimate of drug-likeness (QED) is 0.629. The molecule has 0 saturated heterocycles. The highest BCUT2D eigenvalue weighted by molar-refractivity contribution is 5.96. The normalized spacial score (nSPS) is 12.8. The number of hydrogen-bond donors (Lipinski definition) is 1. The summed E-state index contributed by atoms with van der Waals surface area (Å²) < 4.78 is 8.59. The van der Waals surface area contributed by atoms with Crippen molar-refractivity contribution in [3.8, 4) is 11.3 Å². The van der Waals surface area contributed by atoms with Gasteiger partial charge in [0.1, 0.15) is 0 Å². The monoisotopic (exact) mass is 314 g/mol. The number of hydrogen-bond acceptors (Lipinski definition) is 3. The molecule has 1 aromatic carbocycles. The molecule has 3 heterocycles. The lowest BCUT2D eigenvalue weighted by molar-refractivity contribution is 1.11. The van der Waals surface area contributed by atoms with Crippen LogP contribution >= 0.6 is 0 Å². The van der Waals surface area contributed by atoms with E-state index in [1.165, 1.54) is 0 Å². The largest absolute Gasteiger partial charge is 0.321 e. The first kappa shape index (κ1) is 13.2. The summed E-state index contributed by atoms with van der Waals surface area (Å²) in [6.45, 7) is 0. The average Bonchev–Trinajstić information content (AvgIpc) is 2.68. The Morgan fingerprint density at radius 2 is 1.50 bits per heavy atom. The molecule has 4 rings (SSSR count). The highest BCUT2D eigenvalue weighted by Gasteiger charge is 2.12. The van der Waals surface area contributed by atoms with Crippen molar-refractivity contribution in [2.45, 2.75) is 6.40 Å². The first-order valence-electron chi connectivity index (χ1n) is 8.21. The Balaban J connectivity index is 1.99. The molecule has 0 aliphatic carbocycles. The topological polar surface area (TPSA) is 58.6 Å². The zero-order valence-electron chi connectivity index (χ0n) is 13.8. The van der Waals surface area contributed by atoms with Crippen LogP contribution < -0.4 is 5.56 Å². The molecule has 3 aromatic heterocycles. The molecule has 1 unspecified atom stereocenters. The smallest absolute Gasteiger partial charge is 0.252 e. The molecular formula is C20H15N3O. The second kappa shape index (κ2) is 6.08. The molecule has 4 aromatic rings. The fourth-order valence-electron chi connectivity index (χ4n) is 2.82. The van der Waals surface area contributed by atoms with Gasteiger partial charge in [0.15, 0.2) is 0 Å². The van der Waals surface area contributed by atoms with E-state index in [1.807, 2.05) is 36.4 Å². The third kappa shape index (κ3) is 2.58. The third-order valence-electron chi connectivity index (χ3n) is 3.96. The predicted molar refractivity (Wildman–Crippen MR) is 94.8 cm³/mol. The maximum absolute atomic E-state index is 12.8. The van der Waals surface area contributed by atoms with E-state index < -0.39 is 6.40 Å².